The van der Waals surface area contributed by atoms with Crippen LogP contribution in [-0.2, 0) is 4.74 Å². The average Bonchev–Trinajstić information content (AvgIpc) is 2.50. The van der Waals surface area contributed by atoms with Crippen molar-refractivity contribution in [3.05, 3.63) is 57.2 Å². The Kier molecular flexibility index (Phi) is 5.65. The van der Waals surface area contributed by atoms with E-state index in [2.05, 4.69) is 28.7 Å². The first-order valence-corrected chi connectivity index (χ1v) is 8.18. The Labute approximate surface area is 141 Å². The van der Waals surface area contributed by atoms with E-state index in [1.54, 1.807) is 25.1 Å². The molecule has 0 fully saturated rings. The van der Waals surface area contributed by atoms with Crippen LogP contribution in [0.2, 0.25) is 0 Å². The molecular weight excluding hydrogens is 397 g/mol. The Balaban J connectivity index is 2.26. The number of rotatable bonds is 4. The van der Waals surface area contributed by atoms with Gasteiger partial charge in [-0.15, -0.1) is 0 Å². The van der Waals surface area contributed by atoms with Crippen molar-refractivity contribution in [3.63, 3.8) is 0 Å². The van der Waals surface area contributed by atoms with Crippen LogP contribution in [0.5, 0.6) is 0 Å². The lowest BCUT2D eigenvalue weighted by molar-refractivity contribution is 0.0526. The van der Waals surface area contributed by atoms with Crippen LogP contribution in [0.25, 0.3) is 0 Å². The molecule has 5 heteroatoms. The van der Waals surface area contributed by atoms with Gasteiger partial charge in [0.1, 0.15) is 6.07 Å². The number of nitrogens with zero attached hydrogens (tertiary/aromatic N) is 1. The summed E-state index contributed by atoms with van der Waals surface area (Å²) in [5.74, 6) is -0.403. The first-order valence-electron chi connectivity index (χ1n) is 6.28. The van der Waals surface area contributed by atoms with Crippen LogP contribution in [0, 0.1) is 14.9 Å². The number of halogens is 1. The maximum absolute atomic E-state index is 11.7. The monoisotopic (exact) mass is 409 g/mol. The number of benzene rings is 2. The molecule has 0 bridgehead atoms. The molecular formula is C16H12INO2S. The van der Waals surface area contributed by atoms with E-state index in [4.69, 9.17) is 4.74 Å². The van der Waals surface area contributed by atoms with E-state index >= 15 is 0 Å². The molecule has 0 atom stereocenters. The molecule has 0 saturated heterocycles. The van der Waals surface area contributed by atoms with E-state index in [9.17, 15) is 10.1 Å². The fraction of sp³-hybridized carbons (Fsp3) is 0.125. The summed E-state index contributed by atoms with van der Waals surface area (Å²) in [6, 6.07) is 15.2. The lowest BCUT2D eigenvalue weighted by atomic mass is 10.1. The third-order valence-electron chi connectivity index (χ3n) is 2.65. The SMILES string of the molecule is CCOC(=O)c1ccc(Sc2ccc(I)cc2)c(C#N)c1. The summed E-state index contributed by atoms with van der Waals surface area (Å²) in [5, 5.41) is 9.26. The third-order valence-corrected chi connectivity index (χ3v) is 4.46. The predicted molar refractivity (Wildman–Crippen MR) is 90.4 cm³/mol. The number of hydrogen-bond acceptors (Lipinski definition) is 4. The third kappa shape index (κ3) is 4.22. The lowest BCUT2D eigenvalue weighted by Crippen LogP contribution is -2.04. The van der Waals surface area contributed by atoms with Crippen LogP contribution in [0.15, 0.2) is 52.3 Å². The lowest BCUT2D eigenvalue weighted by Gasteiger charge is -2.07. The number of carbonyl (C=O) groups is 1. The highest BCUT2D eigenvalue weighted by Crippen LogP contribution is 2.31. The van der Waals surface area contributed by atoms with Gasteiger partial charge in [0.15, 0.2) is 0 Å². The second-order valence-electron chi connectivity index (χ2n) is 4.10. The Morgan fingerprint density at radius 2 is 2.00 bits per heavy atom. The first kappa shape index (κ1) is 15.9. The second-order valence-corrected chi connectivity index (χ2v) is 6.46. The number of ether oxygens (including phenoxy) is 1. The fourth-order valence-corrected chi connectivity index (χ4v) is 2.91. The van der Waals surface area contributed by atoms with E-state index in [0.29, 0.717) is 17.7 Å². The molecule has 0 spiro atoms. The highest BCUT2D eigenvalue weighted by molar-refractivity contribution is 14.1. The Morgan fingerprint density at radius 3 is 2.62 bits per heavy atom. The molecule has 0 amide bonds. The Hall–Kier alpha value is -1.52. The zero-order chi connectivity index (χ0) is 15.2. The molecule has 0 N–H and O–H groups in total. The zero-order valence-electron chi connectivity index (χ0n) is 11.3. The number of hydrogen-bond donors (Lipinski definition) is 0. The molecule has 0 radical (unpaired) electrons. The van der Waals surface area contributed by atoms with Crippen molar-refractivity contribution in [1.29, 1.82) is 5.26 Å². The van der Waals surface area contributed by atoms with Crippen LogP contribution in [0.4, 0.5) is 0 Å². The van der Waals surface area contributed by atoms with Crippen LogP contribution in [0.1, 0.15) is 22.8 Å². The van der Waals surface area contributed by atoms with Crippen molar-refractivity contribution in [3.8, 4) is 6.07 Å². The topological polar surface area (TPSA) is 50.1 Å². The van der Waals surface area contributed by atoms with Gasteiger partial charge in [-0.05, 0) is 72.0 Å². The van der Waals surface area contributed by atoms with E-state index < -0.39 is 5.97 Å². The summed E-state index contributed by atoms with van der Waals surface area (Å²) in [6.07, 6.45) is 0. The second kappa shape index (κ2) is 7.48. The predicted octanol–water partition coefficient (Wildman–Crippen LogP) is 4.49. The van der Waals surface area contributed by atoms with Crippen molar-refractivity contribution in [2.75, 3.05) is 6.61 Å². The molecule has 0 aliphatic rings. The molecule has 106 valence electrons. The number of esters is 1. The van der Waals surface area contributed by atoms with Crippen molar-refractivity contribution in [2.45, 2.75) is 16.7 Å². The molecule has 0 heterocycles. The smallest absolute Gasteiger partial charge is 0.338 e. The van der Waals surface area contributed by atoms with Gasteiger partial charge in [-0.1, -0.05) is 11.8 Å². The maximum Gasteiger partial charge on any atom is 0.338 e. The van der Waals surface area contributed by atoms with Gasteiger partial charge in [-0.2, -0.15) is 5.26 Å². The largest absolute Gasteiger partial charge is 0.462 e. The minimum Gasteiger partial charge on any atom is -0.462 e. The van der Waals surface area contributed by atoms with Crippen LogP contribution < -0.4 is 0 Å². The van der Waals surface area contributed by atoms with Gasteiger partial charge in [0.05, 0.1) is 17.7 Å². The van der Waals surface area contributed by atoms with E-state index in [1.807, 2.05) is 24.3 Å². The number of nitriles is 1. The van der Waals surface area contributed by atoms with Crippen molar-refractivity contribution in [1.82, 2.24) is 0 Å². The van der Waals surface area contributed by atoms with E-state index in [1.165, 1.54) is 11.8 Å². The van der Waals surface area contributed by atoms with E-state index in [0.717, 1.165) is 13.4 Å². The van der Waals surface area contributed by atoms with Gasteiger partial charge in [0, 0.05) is 13.4 Å². The highest BCUT2D eigenvalue weighted by atomic mass is 127. The normalized spacial score (nSPS) is 9.95. The van der Waals surface area contributed by atoms with Gasteiger partial charge in [-0.25, -0.2) is 4.79 Å². The summed E-state index contributed by atoms with van der Waals surface area (Å²) in [4.78, 5) is 13.6. The standard InChI is InChI=1S/C16H12INO2S/c1-2-20-16(19)11-3-8-15(12(9-11)10-18)21-14-6-4-13(17)5-7-14/h3-9H,2H2,1H3. The molecule has 2 aromatic carbocycles. The van der Waals surface area contributed by atoms with Gasteiger partial charge < -0.3 is 4.74 Å². The van der Waals surface area contributed by atoms with Gasteiger partial charge >= 0.3 is 5.97 Å². The van der Waals surface area contributed by atoms with Gasteiger partial charge in [0.25, 0.3) is 0 Å². The van der Waals surface area contributed by atoms with E-state index in [-0.39, 0.29) is 0 Å². The molecule has 0 unspecified atom stereocenters. The van der Waals surface area contributed by atoms with Crippen LogP contribution >= 0.6 is 34.4 Å². The molecule has 21 heavy (non-hydrogen) atoms. The van der Waals surface area contributed by atoms with Crippen molar-refractivity contribution < 1.29 is 9.53 Å². The van der Waals surface area contributed by atoms with Crippen molar-refractivity contribution in [2.24, 2.45) is 0 Å². The summed E-state index contributed by atoms with van der Waals surface area (Å²) in [6.45, 7) is 2.07. The van der Waals surface area contributed by atoms with Gasteiger partial charge in [-0.3, -0.25) is 0 Å². The molecule has 3 nitrogen and oxygen atoms in total. The Bertz CT molecular complexity index is 692. The molecule has 0 aliphatic carbocycles. The molecule has 2 aromatic rings. The maximum atomic E-state index is 11.7. The molecule has 0 aromatic heterocycles. The average molecular weight is 409 g/mol. The minimum atomic E-state index is -0.403. The van der Waals surface area contributed by atoms with Gasteiger partial charge in [0.2, 0.25) is 0 Å². The summed E-state index contributed by atoms with van der Waals surface area (Å²) >= 11 is 3.75. The number of carbonyl (C=O) groups excluding carboxylic acids is 1. The summed E-state index contributed by atoms with van der Waals surface area (Å²) < 4.78 is 6.10. The quantitative estimate of drug-likeness (QED) is 0.552. The highest BCUT2D eigenvalue weighted by Gasteiger charge is 2.11. The van der Waals surface area contributed by atoms with Crippen molar-refractivity contribution >= 4 is 40.3 Å². The first-order chi connectivity index (χ1) is 10.1. The Morgan fingerprint density at radius 1 is 1.29 bits per heavy atom. The zero-order valence-corrected chi connectivity index (χ0v) is 14.3. The molecule has 0 aliphatic heterocycles. The summed E-state index contributed by atoms with van der Waals surface area (Å²) in [5.41, 5.74) is 0.879. The molecule has 0 saturated carbocycles. The minimum absolute atomic E-state index is 0.319. The molecule has 2 rings (SSSR count). The summed E-state index contributed by atoms with van der Waals surface area (Å²) in [7, 11) is 0. The van der Waals surface area contributed by atoms with Crippen LogP contribution in [-0.4, -0.2) is 12.6 Å². The fourth-order valence-electron chi connectivity index (χ4n) is 1.68. The van der Waals surface area contributed by atoms with Crippen LogP contribution in [0.3, 0.4) is 0 Å².